The van der Waals surface area contributed by atoms with Crippen molar-refractivity contribution >= 4 is 23.2 Å². The van der Waals surface area contributed by atoms with Crippen LogP contribution in [0.15, 0.2) is 66.0 Å². The van der Waals surface area contributed by atoms with Gasteiger partial charge in [-0.3, -0.25) is 9.59 Å². The van der Waals surface area contributed by atoms with E-state index in [1.807, 2.05) is 46.7 Å². The number of nitrogens with zero attached hydrogens (tertiary/aromatic N) is 2. The average molecular weight is 523 g/mol. The number of benzene rings is 2. The molecule has 2 atom stereocenters. The van der Waals surface area contributed by atoms with E-state index < -0.39 is 0 Å². The van der Waals surface area contributed by atoms with Gasteiger partial charge in [0.15, 0.2) is 0 Å². The molecule has 37 heavy (non-hydrogen) atoms. The predicted molar refractivity (Wildman–Crippen MR) is 140 cm³/mol. The van der Waals surface area contributed by atoms with Crippen LogP contribution in [0.3, 0.4) is 0 Å². The first-order valence-electron chi connectivity index (χ1n) is 12.7. The summed E-state index contributed by atoms with van der Waals surface area (Å²) in [6, 6.07) is 17.3. The lowest BCUT2D eigenvalue weighted by Gasteiger charge is -2.37. The van der Waals surface area contributed by atoms with E-state index in [0.29, 0.717) is 25.4 Å². The maximum absolute atomic E-state index is 13.7. The Labute approximate surface area is 220 Å². The molecule has 2 aliphatic rings. The van der Waals surface area contributed by atoms with Crippen molar-refractivity contribution in [2.45, 2.75) is 37.8 Å². The summed E-state index contributed by atoms with van der Waals surface area (Å²) in [6.45, 7) is 1.83. The number of rotatable bonds is 9. The summed E-state index contributed by atoms with van der Waals surface area (Å²) in [6.07, 6.45) is 2.80. The van der Waals surface area contributed by atoms with Crippen molar-refractivity contribution in [3.8, 4) is 5.75 Å². The van der Waals surface area contributed by atoms with E-state index in [-0.39, 0.29) is 49.3 Å². The predicted octanol–water partition coefficient (Wildman–Crippen LogP) is 4.64. The van der Waals surface area contributed by atoms with Crippen LogP contribution in [0.25, 0.3) is 0 Å². The molecule has 0 saturated carbocycles. The first-order valence-corrected chi connectivity index (χ1v) is 13.6. The highest BCUT2D eigenvalue weighted by Gasteiger charge is 2.34. The minimum Gasteiger partial charge on any atom is -0.491 e. The van der Waals surface area contributed by atoms with Gasteiger partial charge >= 0.3 is 0 Å². The molecule has 1 aromatic heterocycles. The number of hydrogen-bond donors (Lipinski definition) is 0. The van der Waals surface area contributed by atoms with Crippen LogP contribution in [0.4, 0.5) is 4.39 Å². The molecule has 2 amide bonds. The molecule has 0 bridgehead atoms. The molecular formula is C29H31FN2O4S. The van der Waals surface area contributed by atoms with Gasteiger partial charge in [0.2, 0.25) is 11.8 Å². The highest BCUT2D eigenvalue weighted by molar-refractivity contribution is 7.10. The molecule has 2 unspecified atom stereocenters. The molecule has 1 saturated heterocycles. The van der Waals surface area contributed by atoms with Gasteiger partial charge < -0.3 is 19.3 Å². The van der Waals surface area contributed by atoms with Crippen LogP contribution in [0.2, 0.25) is 0 Å². The van der Waals surface area contributed by atoms with Gasteiger partial charge in [-0.1, -0.05) is 36.4 Å². The molecule has 3 heterocycles. The molecule has 194 valence electrons. The lowest BCUT2D eigenvalue weighted by atomic mass is 10.00. The lowest BCUT2D eigenvalue weighted by Crippen LogP contribution is -2.49. The summed E-state index contributed by atoms with van der Waals surface area (Å²) in [5.41, 5.74) is 1.97. The van der Waals surface area contributed by atoms with Crippen molar-refractivity contribution < 1.29 is 23.5 Å². The Morgan fingerprint density at radius 1 is 1.14 bits per heavy atom. The number of carbonyl (C=O) groups is 2. The fraction of sp³-hybridized carbons (Fsp3) is 0.379. The Morgan fingerprint density at radius 3 is 2.78 bits per heavy atom. The molecule has 5 rings (SSSR count). The highest BCUT2D eigenvalue weighted by Crippen LogP contribution is 2.34. The van der Waals surface area contributed by atoms with Gasteiger partial charge in [-0.15, -0.1) is 11.3 Å². The number of fused-ring (bicyclic) bond motifs is 1. The second kappa shape index (κ2) is 11.9. The molecule has 0 radical (unpaired) electrons. The molecule has 1 fully saturated rings. The van der Waals surface area contributed by atoms with Crippen molar-refractivity contribution in [1.29, 1.82) is 0 Å². The summed E-state index contributed by atoms with van der Waals surface area (Å²) in [5, 5.41) is 2.03. The van der Waals surface area contributed by atoms with Crippen molar-refractivity contribution in [3.63, 3.8) is 0 Å². The van der Waals surface area contributed by atoms with Crippen LogP contribution in [0, 0.1) is 5.82 Å². The van der Waals surface area contributed by atoms with Crippen molar-refractivity contribution in [2.75, 3.05) is 32.8 Å². The second-order valence-corrected chi connectivity index (χ2v) is 10.5. The molecule has 0 spiro atoms. The van der Waals surface area contributed by atoms with Crippen LogP contribution in [-0.4, -0.2) is 60.6 Å². The van der Waals surface area contributed by atoms with Gasteiger partial charge in [0.05, 0.1) is 25.1 Å². The fourth-order valence-electron chi connectivity index (χ4n) is 5.03. The quantitative estimate of drug-likeness (QED) is 0.411. The summed E-state index contributed by atoms with van der Waals surface area (Å²) < 4.78 is 25.4. The van der Waals surface area contributed by atoms with Crippen molar-refractivity contribution in [1.82, 2.24) is 9.80 Å². The van der Waals surface area contributed by atoms with E-state index in [9.17, 15) is 14.0 Å². The Balaban J connectivity index is 1.32. The van der Waals surface area contributed by atoms with Gasteiger partial charge in [0, 0.05) is 30.6 Å². The van der Waals surface area contributed by atoms with E-state index in [4.69, 9.17) is 9.47 Å². The second-order valence-electron chi connectivity index (χ2n) is 9.49. The van der Waals surface area contributed by atoms with E-state index in [0.717, 1.165) is 30.4 Å². The summed E-state index contributed by atoms with van der Waals surface area (Å²) >= 11 is 1.67. The minimum atomic E-state index is -0.369. The zero-order chi connectivity index (χ0) is 25.6. The van der Waals surface area contributed by atoms with Crippen LogP contribution in [-0.2, 0) is 27.2 Å². The Bertz CT molecular complexity index is 1210. The van der Waals surface area contributed by atoms with Gasteiger partial charge in [-0.05, 0) is 54.0 Å². The number of ether oxygens (including phenoxy) is 2. The molecule has 3 aromatic rings. The molecule has 6 nitrogen and oxygen atoms in total. The molecule has 8 heteroatoms. The molecular weight excluding hydrogens is 491 g/mol. The van der Waals surface area contributed by atoms with Crippen LogP contribution in [0.5, 0.6) is 5.75 Å². The van der Waals surface area contributed by atoms with E-state index in [1.54, 1.807) is 28.4 Å². The van der Waals surface area contributed by atoms with Gasteiger partial charge in [0.1, 0.15) is 18.2 Å². The molecule has 0 aliphatic carbocycles. The van der Waals surface area contributed by atoms with Crippen LogP contribution in [0.1, 0.15) is 34.9 Å². The maximum atomic E-state index is 13.7. The first kappa shape index (κ1) is 25.4. The molecule has 0 N–H and O–H groups in total. The normalized spacial score (nSPS) is 18.9. The van der Waals surface area contributed by atoms with Crippen LogP contribution >= 0.6 is 11.3 Å². The Hall–Kier alpha value is -3.23. The summed E-state index contributed by atoms with van der Waals surface area (Å²) in [7, 11) is 0. The van der Waals surface area contributed by atoms with E-state index in [1.165, 1.54) is 17.0 Å². The zero-order valence-electron chi connectivity index (χ0n) is 20.7. The number of thiophene rings is 1. The van der Waals surface area contributed by atoms with Crippen molar-refractivity contribution in [3.05, 3.63) is 87.9 Å². The van der Waals surface area contributed by atoms with Gasteiger partial charge in [-0.2, -0.15) is 0 Å². The van der Waals surface area contributed by atoms with Gasteiger partial charge in [0.25, 0.3) is 0 Å². The summed E-state index contributed by atoms with van der Waals surface area (Å²) in [4.78, 5) is 31.8. The topological polar surface area (TPSA) is 59.1 Å². The standard InChI is InChI=1S/C29H31FN2O4S/c30-22-8-4-9-23(17-22)36-20-26-25-12-15-37-27(25)11-13-32(26)29(34)19-31(18-24-10-5-14-35-24)28(33)16-21-6-2-1-3-7-21/h1-4,6-9,12,15,17,24,26H,5,10-11,13-14,16,18-20H2. The third-order valence-corrected chi connectivity index (χ3v) is 7.94. The lowest BCUT2D eigenvalue weighted by molar-refractivity contribution is -0.143. The smallest absolute Gasteiger partial charge is 0.242 e. The number of hydrogen-bond acceptors (Lipinski definition) is 5. The SMILES string of the molecule is O=C(Cc1ccccc1)N(CC(=O)N1CCc2sccc2C1COc1cccc(F)c1)CC1CCCO1. The number of carbonyl (C=O) groups excluding carboxylic acids is 2. The average Bonchev–Trinajstić information content (AvgIpc) is 3.59. The third kappa shape index (κ3) is 6.37. The first-order chi connectivity index (χ1) is 18.1. The minimum absolute atomic E-state index is 0.0124. The fourth-order valence-corrected chi connectivity index (χ4v) is 5.96. The Kier molecular flexibility index (Phi) is 8.16. The number of amides is 2. The third-order valence-electron chi connectivity index (χ3n) is 6.94. The van der Waals surface area contributed by atoms with Crippen LogP contribution < -0.4 is 4.74 Å². The monoisotopic (exact) mass is 522 g/mol. The largest absolute Gasteiger partial charge is 0.491 e. The number of halogens is 1. The zero-order valence-corrected chi connectivity index (χ0v) is 21.5. The molecule has 2 aliphatic heterocycles. The van der Waals surface area contributed by atoms with Gasteiger partial charge in [-0.25, -0.2) is 4.39 Å². The van der Waals surface area contributed by atoms with Crippen molar-refractivity contribution in [2.24, 2.45) is 0 Å². The highest BCUT2D eigenvalue weighted by atomic mass is 32.1. The van der Waals surface area contributed by atoms with E-state index in [2.05, 4.69) is 0 Å². The molecule has 2 aromatic carbocycles. The summed E-state index contributed by atoms with van der Waals surface area (Å²) in [5.74, 6) is -0.153. The maximum Gasteiger partial charge on any atom is 0.242 e. The Morgan fingerprint density at radius 2 is 2.00 bits per heavy atom. The van der Waals surface area contributed by atoms with E-state index >= 15 is 0 Å².